The number of benzene rings is 1. The molecule has 3 atom stereocenters. The van der Waals surface area contributed by atoms with Crippen molar-refractivity contribution in [2.75, 3.05) is 25.0 Å². The van der Waals surface area contributed by atoms with Crippen molar-refractivity contribution in [2.45, 2.75) is 83.8 Å². The maximum Gasteiger partial charge on any atom is 0.321 e. The molecule has 3 heterocycles. The topological polar surface area (TPSA) is 104 Å². The third-order valence-electron chi connectivity index (χ3n) is 8.17. The molecule has 1 aliphatic carbocycles. The highest BCUT2D eigenvalue weighted by atomic mass is 16.2. The van der Waals surface area contributed by atoms with Crippen LogP contribution in [-0.4, -0.2) is 69.1 Å². The van der Waals surface area contributed by atoms with Gasteiger partial charge in [0.15, 0.2) is 5.78 Å². The quantitative estimate of drug-likeness (QED) is 0.518. The molecular formula is C31H43N7O2. The van der Waals surface area contributed by atoms with E-state index in [0.717, 1.165) is 35.6 Å². The van der Waals surface area contributed by atoms with Crippen LogP contribution in [-0.2, 0) is 10.2 Å². The zero-order valence-electron chi connectivity index (χ0n) is 24.8. The van der Waals surface area contributed by atoms with E-state index in [1.54, 1.807) is 4.68 Å². The van der Waals surface area contributed by atoms with Crippen LogP contribution in [0.15, 0.2) is 47.5 Å². The van der Waals surface area contributed by atoms with Gasteiger partial charge in [-0.1, -0.05) is 44.5 Å². The Morgan fingerprint density at radius 1 is 1.12 bits per heavy atom. The third-order valence-corrected chi connectivity index (χ3v) is 8.17. The van der Waals surface area contributed by atoms with Crippen LogP contribution in [0.25, 0.3) is 5.69 Å². The number of carbonyl (C=O) groups excluding carboxylic acids is 2. The first-order valence-electron chi connectivity index (χ1n) is 14.3. The van der Waals surface area contributed by atoms with Gasteiger partial charge in [-0.2, -0.15) is 5.10 Å². The molecule has 1 aromatic heterocycles. The van der Waals surface area contributed by atoms with Crippen LogP contribution in [0.3, 0.4) is 0 Å². The molecule has 1 saturated carbocycles. The average Bonchev–Trinajstić information content (AvgIpc) is 3.65. The standard InChI is InChI=1S/C31H43N7O2/c1-20-8-12-23(13-9-20)38-26(16-24(36-38)29(3,4)5)34-28(40)35-30(6)15-14-25(33-18-30)37-17-21(2)32-19-31(37,7)27(39)22-10-11-22/h8-9,12-16,21-22,32H,10-11,17-19H2,1-7H3,(H2,34,35,40)/t21-,30?,31-/m1/s1. The number of dihydropyridines is 1. The van der Waals surface area contributed by atoms with Gasteiger partial charge in [0.2, 0.25) is 0 Å². The fourth-order valence-corrected chi connectivity index (χ4v) is 5.35. The number of rotatable bonds is 5. The number of amidine groups is 1. The second kappa shape index (κ2) is 10.2. The van der Waals surface area contributed by atoms with Gasteiger partial charge in [-0.25, -0.2) is 9.48 Å². The largest absolute Gasteiger partial charge is 0.342 e. The van der Waals surface area contributed by atoms with E-state index in [1.807, 2.05) is 63.3 Å². The fraction of sp³-hybridized carbons (Fsp3) is 0.548. The highest BCUT2D eigenvalue weighted by Gasteiger charge is 2.49. The number of aryl methyl sites for hydroxylation is 1. The molecule has 2 aliphatic heterocycles. The Hall–Kier alpha value is -3.46. The first-order chi connectivity index (χ1) is 18.8. The Labute approximate surface area is 237 Å². The summed E-state index contributed by atoms with van der Waals surface area (Å²) in [5.41, 5.74) is 1.45. The summed E-state index contributed by atoms with van der Waals surface area (Å²) >= 11 is 0. The molecule has 9 nitrogen and oxygen atoms in total. The molecule has 9 heteroatoms. The van der Waals surface area contributed by atoms with Gasteiger partial charge < -0.3 is 15.5 Å². The second-order valence-electron chi connectivity index (χ2n) is 13.2. The molecule has 3 N–H and O–H groups in total. The molecule has 214 valence electrons. The predicted molar refractivity (Wildman–Crippen MR) is 159 cm³/mol. The van der Waals surface area contributed by atoms with Gasteiger partial charge in [0.25, 0.3) is 0 Å². The van der Waals surface area contributed by atoms with E-state index in [-0.39, 0.29) is 23.4 Å². The Balaban J connectivity index is 1.31. The average molecular weight is 546 g/mol. The highest BCUT2D eigenvalue weighted by molar-refractivity contribution is 6.01. The smallest absolute Gasteiger partial charge is 0.321 e. The maximum atomic E-state index is 13.3. The van der Waals surface area contributed by atoms with Crippen molar-refractivity contribution in [1.82, 2.24) is 25.3 Å². The number of anilines is 1. The molecule has 40 heavy (non-hydrogen) atoms. The van der Waals surface area contributed by atoms with Crippen LogP contribution in [0.1, 0.15) is 65.6 Å². The van der Waals surface area contributed by atoms with E-state index in [9.17, 15) is 9.59 Å². The highest BCUT2D eigenvalue weighted by Crippen LogP contribution is 2.37. The number of nitrogens with one attached hydrogen (secondary N) is 3. The Morgan fingerprint density at radius 2 is 1.82 bits per heavy atom. The first-order valence-corrected chi connectivity index (χ1v) is 14.3. The van der Waals surface area contributed by atoms with Gasteiger partial charge in [0.05, 0.1) is 23.5 Å². The molecule has 0 radical (unpaired) electrons. The van der Waals surface area contributed by atoms with Crippen LogP contribution in [0.5, 0.6) is 0 Å². The lowest BCUT2D eigenvalue weighted by molar-refractivity contribution is -0.130. The van der Waals surface area contributed by atoms with E-state index < -0.39 is 11.1 Å². The number of aromatic nitrogens is 2. The molecule has 1 aromatic carbocycles. The minimum absolute atomic E-state index is 0.165. The van der Waals surface area contributed by atoms with Gasteiger partial charge >= 0.3 is 6.03 Å². The van der Waals surface area contributed by atoms with Gasteiger partial charge in [-0.15, -0.1) is 0 Å². The molecule has 0 spiro atoms. The summed E-state index contributed by atoms with van der Waals surface area (Å²) in [5.74, 6) is 1.87. The van der Waals surface area contributed by atoms with Crippen molar-refractivity contribution in [3.63, 3.8) is 0 Å². The number of hydrogen-bond donors (Lipinski definition) is 3. The number of aliphatic imine (C=N–C) groups is 1. The lowest BCUT2D eigenvalue weighted by atomic mass is 9.87. The molecule has 2 aromatic rings. The second-order valence-corrected chi connectivity index (χ2v) is 13.2. The van der Waals surface area contributed by atoms with E-state index in [4.69, 9.17) is 10.1 Å². The fourth-order valence-electron chi connectivity index (χ4n) is 5.35. The summed E-state index contributed by atoms with van der Waals surface area (Å²) in [7, 11) is 0. The number of hydrogen-bond acceptors (Lipinski definition) is 6. The molecule has 1 unspecified atom stereocenters. The van der Waals surface area contributed by atoms with Crippen molar-refractivity contribution in [2.24, 2.45) is 10.9 Å². The van der Waals surface area contributed by atoms with Gasteiger partial charge in [-0.3, -0.25) is 15.1 Å². The molecular weight excluding hydrogens is 502 g/mol. The number of piperazine rings is 1. The summed E-state index contributed by atoms with van der Waals surface area (Å²) in [6, 6.07) is 9.91. The molecule has 5 rings (SSSR count). The monoisotopic (exact) mass is 545 g/mol. The van der Waals surface area contributed by atoms with Crippen LogP contribution in [0.4, 0.5) is 10.6 Å². The number of amides is 2. The minimum Gasteiger partial charge on any atom is -0.342 e. The third kappa shape index (κ3) is 5.70. The molecule has 2 fully saturated rings. The number of ketones is 1. The first kappa shape index (κ1) is 28.1. The predicted octanol–water partition coefficient (Wildman–Crippen LogP) is 4.36. The lowest BCUT2D eigenvalue weighted by Crippen LogP contribution is -2.68. The maximum absolute atomic E-state index is 13.3. The summed E-state index contributed by atoms with van der Waals surface area (Å²) in [6.07, 6.45) is 5.91. The lowest BCUT2D eigenvalue weighted by Gasteiger charge is -2.48. The normalized spacial score (nSPS) is 26.8. The number of carbonyl (C=O) groups is 2. The van der Waals surface area contributed by atoms with Crippen molar-refractivity contribution in [3.8, 4) is 5.69 Å². The van der Waals surface area contributed by atoms with Gasteiger partial charge in [0, 0.05) is 36.5 Å². The van der Waals surface area contributed by atoms with E-state index >= 15 is 0 Å². The Kier molecular flexibility index (Phi) is 7.15. The molecule has 0 bridgehead atoms. The number of nitrogens with zero attached hydrogens (tertiary/aromatic N) is 4. The SMILES string of the molecule is Cc1ccc(-n2nc(C(C)(C)C)cc2NC(=O)NC2(C)C=CC(N3C[C@@H](C)NC[C@]3(C)C(=O)C3CC3)=NC2)cc1. The Morgan fingerprint density at radius 3 is 2.42 bits per heavy atom. The van der Waals surface area contributed by atoms with Crippen molar-refractivity contribution in [3.05, 3.63) is 53.7 Å². The van der Waals surface area contributed by atoms with E-state index in [1.165, 1.54) is 0 Å². The summed E-state index contributed by atoms with van der Waals surface area (Å²) in [4.78, 5) is 33.6. The zero-order valence-corrected chi connectivity index (χ0v) is 24.8. The van der Waals surface area contributed by atoms with Crippen molar-refractivity contribution >= 4 is 23.5 Å². The van der Waals surface area contributed by atoms with E-state index in [0.29, 0.717) is 31.2 Å². The number of Topliss-reactive ketones (excluding diaryl/α,β-unsaturated/α-hetero) is 1. The van der Waals surface area contributed by atoms with Crippen LogP contribution >= 0.6 is 0 Å². The van der Waals surface area contributed by atoms with Crippen LogP contribution in [0.2, 0.25) is 0 Å². The van der Waals surface area contributed by atoms with Gasteiger partial charge in [0.1, 0.15) is 17.2 Å². The molecule has 2 amide bonds. The molecule has 3 aliphatic rings. The van der Waals surface area contributed by atoms with E-state index in [2.05, 4.69) is 48.5 Å². The summed E-state index contributed by atoms with van der Waals surface area (Å²) in [6.45, 7) is 16.2. The van der Waals surface area contributed by atoms with Crippen LogP contribution < -0.4 is 16.0 Å². The number of urea groups is 1. The van der Waals surface area contributed by atoms with Crippen molar-refractivity contribution < 1.29 is 9.59 Å². The summed E-state index contributed by atoms with van der Waals surface area (Å²) < 4.78 is 1.78. The molecule has 1 saturated heterocycles. The van der Waals surface area contributed by atoms with Crippen molar-refractivity contribution in [1.29, 1.82) is 0 Å². The van der Waals surface area contributed by atoms with Gasteiger partial charge in [-0.05, 0) is 58.7 Å². The minimum atomic E-state index is -0.675. The van der Waals surface area contributed by atoms with Crippen LogP contribution in [0, 0.1) is 12.8 Å². The Bertz CT molecular complexity index is 1350. The zero-order chi connectivity index (χ0) is 28.9. The summed E-state index contributed by atoms with van der Waals surface area (Å²) in [5, 5.41) is 14.4.